The highest BCUT2D eigenvalue weighted by atomic mass is 31.3. The molecule has 0 aliphatic rings. The first kappa shape index (κ1) is 23.7. The number of aliphatic hydroxyl groups excluding tert-OH is 2. The van der Waals surface area contributed by atoms with Crippen LogP contribution in [0.4, 0.5) is 0 Å². The molecular formula is C17H22O10P2. The van der Waals surface area contributed by atoms with Gasteiger partial charge >= 0.3 is 15.6 Å². The van der Waals surface area contributed by atoms with E-state index >= 15 is 0 Å². The van der Waals surface area contributed by atoms with Gasteiger partial charge in [-0.15, -0.1) is 0 Å². The van der Waals surface area contributed by atoms with Crippen molar-refractivity contribution in [2.75, 3.05) is 19.8 Å². The van der Waals surface area contributed by atoms with Crippen molar-refractivity contribution in [1.82, 2.24) is 0 Å². The lowest BCUT2D eigenvalue weighted by molar-refractivity contribution is -0.0722. The predicted octanol–water partition coefficient (Wildman–Crippen LogP) is 2.00. The number of phosphoric acid groups is 2. The molecule has 0 aliphatic heterocycles. The number of aliphatic hydroxyl groups is 2. The Kier molecular flexibility index (Phi) is 8.13. The average Bonchev–Trinajstić information content (AvgIpc) is 2.68. The van der Waals surface area contributed by atoms with E-state index in [-0.39, 0.29) is 0 Å². The molecule has 0 amide bonds. The van der Waals surface area contributed by atoms with Crippen LogP contribution in [0.1, 0.15) is 11.7 Å². The molecule has 12 heteroatoms. The predicted molar refractivity (Wildman–Crippen MR) is 102 cm³/mol. The molecule has 2 aromatic rings. The monoisotopic (exact) mass is 448 g/mol. The van der Waals surface area contributed by atoms with Crippen LogP contribution in [0.15, 0.2) is 60.7 Å². The molecule has 2 rings (SSSR count). The Labute approximate surface area is 167 Å². The number of phosphoric ester groups is 1. The summed E-state index contributed by atoms with van der Waals surface area (Å²) in [5, 5.41) is 20.1. The van der Waals surface area contributed by atoms with Crippen molar-refractivity contribution in [3.8, 4) is 5.75 Å². The van der Waals surface area contributed by atoms with E-state index in [0.717, 1.165) is 0 Å². The zero-order valence-electron chi connectivity index (χ0n) is 15.1. The number of benzene rings is 2. The van der Waals surface area contributed by atoms with Gasteiger partial charge in [-0.05, 0) is 17.7 Å². The molecule has 0 saturated heterocycles. The minimum atomic E-state index is -5.32. The highest BCUT2D eigenvalue weighted by Gasteiger charge is 2.44. The lowest BCUT2D eigenvalue weighted by Crippen LogP contribution is -2.43. The van der Waals surface area contributed by atoms with Gasteiger partial charge in [0.05, 0.1) is 25.2 Å². The number of hydrogen-bond donors (Lipinski definition) is 5. The number of hydrogen-bond acceptors (Lipinski definition) is 7. The van der Waals surface area contributed by atoms with Crippen molar-refractivity contribution in [3.63, 3.8) is 0 Å². The molecule has 0 saturated carbocycles. The molecule has 0 heterocycles. The maximum atomic E-state index is 11.8. The van der Waals surface area contributed by atoms with Gasteiger partial charge in [-0.1, -0.05) is 48.5 Å². The normalized spacial score (nSPS) is 15.5. The minimum Gasteiger partial charge on any atom is -0.485 e. The summed E-state index contributed by atoms with van der Waals surface area (Å²) in [6, 6.07) is 16.9. The molecule has 0 radical (unpaired) electrons. The zero-order valence-corrected chi connectivity index (χ0v) is 16.9. The van der Waals surface area contributed by atoms with Crippen molar-refractivity contribution in [3.05, 3.63) is 66.2 Å². The van der Waals surface area contributed by atoms with Gasteiger partial charge in [0, 0.05) is 0 Å². The van der Waals surface area contributed by atoms with Gasteiger partial charge < -0.3 is 29.6 Å². The van der Waals surface area contributed by atoms with E-state index in [1.165, 1.54) is 0 Å². The molecule has 29 heavy (non-hydrogen) atoms. The van der Waals surface area contributed by atoms with Gasteiger partial charge in [0.15, 0.2) is 0 Å². The van der Waals surface area contributed by atoms with Crippen LogP contribution in [0.2, 0.25) is 0 Å². The molecule has 0 spiro atoms. The molecule has 0 aromatic heterocycles. The van der Waals surface area contributed by atoms with Gasteiger partial charge in [-0.2, -0.15) is 4.31 Å². The van der Waals surface area contributed by atoms with Gasteiger partial charge in [-0.25, -0.2) is 9.13 Å². The average molecular weight is 448 g/mol. The van der Waals surface area contributed by atoms with Crippen LogP contribution in [0.3, 0.4) is 0 Å². The fourth-order valence-electron chi connectivity index (χ4n) is 2.56. The van der Waals surface area contributed by atoms with E-state index in [9.17, 15) is 24.2 Å². The first-order chi connectivity index (χ1) is 13.6. The Hall–Kier alpha value is -1.58. The van der Waals surface area contributed by atoms with E-state index in [4.69, 9.17) is 14.5 Å². The minimum absolute atomic E-state index is 0.395. The summed E-state index contributed by atoms with van der Waals surface area (Å²) in [6.07, 6.45) is -1.05. The maximum Gasteiger partial charge on any atom is 0.481 e. The van der Waals surface area contributed by atoms with Gasteiger partial charge in [0.1, 0.15) is 11.9 Å². The van der Waals surface area contributed by atoms with Crippen LogP contribution in [-0.4, -0.2) is 44.7 Å². The third kappa shape index (κ3) is 7.01. The summed E-state index contributed by atoms with van der Waals surface area (Å²) in [5.74, 6) is 0.395. The van der Waals surface area contributed by atoms with Gasteiger partial charge in [0.2, 0.25) is 0 Å². The SMILES string of the molecule is O=P(O)(O)OP(=O)(O)OCC(CO)(CO)C(Oc1ccccc1)c1ccccc1. The Balaban J connectivity index is 2.36. The summed E-state index contributed by atoms with van der Waals surface area (Å²) in [6.45, 7) is -2.29. The van der Waals surface area contributed by atoms with Crippen molar-refractivity contribution >= 4 is 15.6 Å². The number of para-hydroxylation sites is 1. The van der Waals surface area contributed by atoms with Crippen molar-refractivity contribution in [2.45, 2.75) is 6.10 Å². The molecule has 10 nitrogen and oxygen atoms in total. The van der Waals surface area contributed by atoms with Crippen LogP contribution in [-0.2, 0) is 18.0 Å². The quantitative estimate of drug-likeness (QED) is 0.321. The largest absolute Gasteiger partial charge is 0.485 e. The van der Waals surface area contributed by atoms with Crippen molar-refractivity contribution in [2.24, 2.45) is 5.41 Å². The standard InChI is InChI=1S/C17H22O10P2/c18-11-17(12-19,13-25-29(23,24)27-28(20,21)22)16(14-7-3-1-4-8-14)26-15-9-5-2-6-10-15/h1-10,16,18-19H,11-13H2,(H,23,24)(H2,20,21,22). The Morgan fingerprint density at radius 3 is 1.86 bits per heavy atom. The lowest BCUT2D eigenvalue weighted by Gasteiger charge is -2.38. The molecular weight excluding hydrogens is 426 g/mol. The maximum absolute atomic E-state index is 11.8. The van der Waals surface area contributed by atoms with E-state index in [1.54, 1.807) is 60.7 Å². The zero-order chi connectivity index (χ0) is 21.5. The second-order valence-corrected chi connectivity index (χ2v) is 9.04. The lowest BCUT2D eigenvalue weighted by atomic mass is 9.80. The molecule has 2 unspecified atom stereocenters. The van der Waals surface area contributed by atoms with Crippen molar-refractivity contribution in [1.29, 1.82) is 0 Å². The summed E-state index contributed by atoms with van der Waals surface area (Å²) in [5.41, 5.74) is -1.14. The first-order valence-corrected chi connectivity index (χ1v) is 11.4. The van der Waals surface area contributed by atoms with Crippen LogP contribution in [0.25, 0.3) is 0 Å². The van der Waals surface area contributed by atoms with Crippen LogP contribution < -0.4 is 4.74 Å². The van der Waals surface area contributed by atoms with E-state index < -0.39 is 47.0 Å². The fraction of sp³-hybridized carbons (Fsp3) is 0.294. The first-order valence-electron chi connectivity index (χ1n) is 8.33. The van der Waals surface area contributed by atoms with Crippen LogP contribution >= 0.6 is 15.6 Å². The highest BCUT2D eigenvalue weighted by molar-refractivity contribution is 7.60. The number of ether oxygens (including phenoxy) is 1. The second kappa shape index (κ2) is 9.95. The Morgan fingerprint density at radius 1 is 0.862 bits per heavy atom. The van der Waals surface area contributed by atoms with Crippen LogP contribution in [0, 0.1) is 5.41 Å². The second-order valence-electron chi connectivity index (χ2n) is 6.21. The van der Waals surface area contributed by atoms with E-state index in [1.807, 2.05) is 0 Å². The Morgan fingerprint density at radius 2 is 1.38 bits per heavy atom. The molecule has 0 fully saturated rings. The van der Waals surface area contributed by atoms with Gasteiger partial charge in [0.25, 0.3) is 0 Å². The molecule has 2 aromatic carbocycles. The summed E-state index contributed by atoms with van der Waals surface area (Å²) in [4.78, 5) is 27.0. The van der Waals surface area contributed by atoms with Crippen molar-refractivity contribution < 1.29 is 47.6 Å². The fourth-order valence-corrected chi connectivity index (χ4v) is 4.24. The van der Waals surface area contributed by atoms with E-state index in [2.05, 4.69) is 8.83 Å². The molecule has 0 bridgehead atoms. The molecule has 2 atom stereocenters. The molecule has 5 N–H and O–H groups in total. The summed E-state index contributed by atoms with van der Waals surface area (Å²) < 4.78 is 37.1. The Bertz CT molecular complexity index is 851. The third-order valence-corrected chi connectivity index (χ3v) is 6.14. The molecule has 0 aliphatic carbocycles. The number of rotatable bonds is 11. The highest BCUT2D eigenvalue weighted by Crippen LogP contribution is 2.58. The third-order valence-electron chi connectivity index (χ3n) is 4.01. The topological polar surface area (TPSA) is 163 Å². The smallest absolute Gasteiger partial charge is 0.481 e. The summed E-state index contributed by atoms with van der Waals surface area (Å²) in [7, 11) is -10.5. The van der Waals surface area contributed by atoms with Crippen LogP contribution in [0.5, 0.6) is 5.75 Å². The van der Waals surface area contributed by atoms with E-state index in [0.29, 0.717) is 11.3 Å². The van der Waals surface area contributed by atoms with Gasteiger partial charge in [-0.3, -0.25) is 4.52 Å². The molecule has 160 valence electrons. The summed E-state index contributed by atoms with van der Waals surface area (Å²) >= 11 is 0.